The topological polar surface area (TPSA) is 81.8 Å². The van der Waals surface area contributed by atoms with Crippen molar-refractivity contribution in [1.29, 1.82) is 0 Å². The van der Waals surface area contributed by atoms with Crippen molar-refractivity contribution in [3.63, 3.8) is 0 Å². The van der Waals surface area contributed by atoms with Crippen molar-refractivity contribution in [2.24, 2.45) is 5.73 Å². The first kappa shape index (κ1) is 18.4. The summed E-state index contributed by atoms with van der Waals surface area (Å²) in [7, 11) is 0. The van der Waals surface area contributed by atoms with Crippen LogP contribution < -0.4 is 16.0 Å². The van der Waals surface area contributed by atoms with Crippen molar-refractivity contribution in [3.05, 3.63) is 23.8 Å². The van der Waals surface area contributed by atoms with E-state index in [-0.39, 0.29) is 0 Å². The summed E-state index contributed by atoms with van der Waals surface area (Å²) >= 11 is 0. The number of amides is 1. The predicted octanol–water partition coefficient (Wildman–Crippen LogP) is 2.73. The third-order valence-electron chi connectivity index (χ3n) is 4.55. The monoisotopic (exact) mass is 334 g/mol. The van der Waals surface area contributed by atoms with Crippen LogP contribution in [-0.4, -0.2) is 55.4 Å². The molecule has 0 atom stereocenters. The number of piperazine rings is 1. The molecule has 0 radical (unpaired) electrons. The molecule has 0 bridgehead atoms. The Hall–Kier alpha value is -1.95. The molecule has 0 aromatic heterocycles. The van der Waals surface area contributed by atoms with Crippen molar-refractivity contribution in [3.8, 4) is 0 Å². The number of benzene rings is 1. The number of nitrogens with zero attached hydrogens (tertiary/aromatic N) is 2. The maximum absolute atomic E-state index is 11.0. The zero-order valence-electron chi connectivity index (χ0n) is 14.6. The van der Waals surface area contributed by atoms with Gasteiger partial charge in [-0.2, -0.15) is 0 Å². The lowest BCUT2D eigenvalue weighted by atomic mass is 10.1. The molecule has 24 heavy (non-hydrogen) atoms. The zero-order valence-corrected chi connectivity index (χ0v) is 14.6. The SMILES string of the molecule is Cc1cc(NCCCCCCN)ccc1N1CCN(C(=O)O)CC1. The minimum absolute atomic E-state index is 0.567. The Kier molecular flexibility index (Phi) is 7.18. The van der Waals surface area contributed by atoms with Gasteiger partial charge in [-0.3, -0.25) is 0 Å². The summed E-state index contributed by atoms with van der Waals surface area (Å²) in [4.78, 5) is 14.7. The molecule has 4 N–H and O–H groups in total. The molecule has 0 saturated carbocycles. The van der Waals surface area contributed by atoms with Crippen LogP contribution in [0.5, 0.6) is 0 Å². The fourth-order valence-corrected chi connectivity index (χ4v) is 3.11. The second-order valence-electron chi connectivity index (χ2n) is 6.39. The molecule has 1 amide bonds. The quantitative estimate of drug-likeness (QED) is 0.637. The third-order valence-corrected chi connectivity index (χ3v) is 4.55. The van der Waals surface area contributed by atoms with Crippen LogP contribution in [0.25, 0.3) is 0 Å². The van der Waals surface area contributed by atoms with Crippen LogP contribution in [0.1, 0.15) is 31.2 Å². The summed E-state index contributed by atoms with van der Waals surface area (Å²) in [5.41, 5.74) is 9.08. The van der Waals surface area contributed by atoms with Crippen LogP contribution in [0, 0.1) is 6.92 Å². The first-order chi connectivity index (χ1) is 11.6. The lowest BCUT2D eigenvalue weighted by Crippen LogP contribution is -2.48. The number of nitrogens with two attached hydrogens (primary N) is 1. The minimum Gasteiger partial charge on any atom is -0.465 e. The Morgan fingerprint density at radius 1 is 1.17 bits per heavy atom. The lowest BCUT2D eigenvalue weighted by molar-refractivity contribution is 0.142. The zero-order chi connectivity index (χ0) is 17.4. The maximum atomic E-state index is 11.0. The number of carboxylic acid groups (broad SMARTS) is 1. The fourth-order valence-electron chi connectivity index (χ4n) is 3.11. The minimum atomic E-state index is -0.822. The van der Waals surface area contributed by atoms with Gasteiger partial charge in [0.25, 0.3) is 0 Å². The molecule has 1 fully saturated rings. The second kappa shape index (κ2) is 9.37. The van der Waals surface area contributed by atoms with E-state index in [9.17, 15) is 4.79 Å². The van der Waals surface area contributed by atoms with E-state index in [2.05, 4.69) is 35.3 Å². The van der Waals surface area contributed by atoms with E-state index >= 15 is 0 Å². The number of rotatable bonds is 8. The van der Waals surface area contributed by atoms with Crippen molar-refractivity contribution in [2.45, 2.75) is 32.6 Å². The van der Waals surface area contributed by atoms with Gasteiger partial charge in [-0.15, -0.1) is 0 Å². The highest BCUT2D eigenvalue weighted by Crippen LogP contribution is 2.24. The molecule has 0 spiro atoms. The van der Waals surface area contributed by atoms with Gasteiger partial charge >= 0.3 is 6.09 Å². The van der Waals surface area contributed by atoms with Gasteiger partial charge in [0.2, 0.25) is 0 Å². The van der Waals surface area contributed by atoms with Crippen molar-refractivity contribution in [1.82, 2.24) is 4.90 Å². The molecule has 1 aliphatic heterocycles. The molecule has 1 aromatic carbocycles. The number of hydrogen-bond donors (Lipinski definition) is 3. The van der Waals surface area contributed by atoms with E-state index in [1.54, 1.807) is 0 Å². The van der Waals surface area contributed by atoms with E-state index in [4.69, 9.17) is 10.8 Å². The number of anilines is 2. The van der Waals surface area contributed by atoms with Crippen LogP contribution in [0.15, 0.2) is 18.2 Å². The molecule has 6 nitrogen and oxygen atoms in total. The molecular formula is C18H30N4O2. The van der Waals surface area contributed by atoms with Crippen molar-refractivity contribution in [2.75, 3.05) is 49.5 Å². The number of aryl methyl sites for hydroxylation is 1. The van der Waals surface area contributed by atoms with Gasteiger partial charge in [-0.25, -0.2) is 4.79 Å². The molecule has 134 valence electrons. The summed E-state index contributed by atoms with van der Waals surface area (Å²) in [6.45, 7) is 6.53. The van der Waals surface area contributed by atoms with E-state index in [1.165, 1.54) is 29.0 Å². The van der Waals surface area contributed by atoms with E-state index in [0.717, 1.165) is 44.7 Å². The molecule has 1 aliphatic rings. The van der Waals surface area contributed by atoms with Gasteiger partial charge in [0.15, 0.2) is 0 Å². The number of unbranched alkanes of at least 4 members (excludes halogenated alkanes) is 3. The summed E-state index contributed by atoms with van der Waals surface area (Å²) in [5.74, 6) is 0. The van der Waals surface area contributed by atoms with Crippen molar-refractivity contribution >= 4 is 17.5 Å². The van der Waals surface area contributed by atoms with Crippen LogP contribution in [0.3, 0.4) is 0 Å². The summed E-state index contributed by atoms with van der Waals surface area (Å²) in [5, 5.41) is 12.5. The highest BCUT2D eigenvalue weighted by Gasteiger charge is 2.21. The first-order valence-corrected chi connectivity index (χ1v) is 8.89. The lowest BCUT2D eigenvalue weighted by Gasteiger charge is -2.35. The van der Waals surface area contributed by atoms with Gasteiger partial charge < -0.3 is 26.0 Å². The molecule has 1 saturated heterocycles. The molecule has 1 heterocycles. The number of carbonyl (C=O) groups is 1. The summed E-state index contributed by atoms with van der Waals surface area (Å²) < 4.78 is 0. The molecule has 2 rings (SSSR count). The average molecular weight is 334 g/mol. The maximum Gasteiger partial charge on any atom is 0.407 e. The predicted molar refractivity (Wildman–Crippen MR) is 99.0 cm³/mol. The van der Waals surface area contributed by atoms with E-state index in [1.807, 2.05) is 0 Å². The molecule has 0 aliphatic carbocycles. The van der Waals surface area contributed by atoms with Crippen LogP contribution >= 0.6 is 0 Å². The van der Waals surface area contributed by atoms with Gasteiger partial charge in [-0.05, 0) is 50.1 Å². The van der Waals surface area contributed by atoms with Gasteiger partial charge in [0, 0.05) is 44.1 Å². The Balaban J connectivity index is 1.81. The third kappa shape index (κ3) is 5.30. The van der Waals surface area contributed by atoms with Gasteiger partial charge in [0.05, 0.1) is 0 Å². The normalized spacial score (nSPS) is 14.8. The number of hydrogen-bond acceptors (Lipinski definition) is 4. The van der Waals surface area contributed by atoms with Gasteiger partial charge in [0.1, 0.15) is 0 Å². The summed E-state index contributed by atoms with van der Waals surface area (Å²) in [6.07, 6.45) is 3.88. The number of nitrogens with one attached hydrogen (secondary N) is 1. The van der Waals surface area contributed by atoms with Crippen LogP contribution in [-0.2, 0) is 0 Å². The summed E-state index contributed by atoms with van der Waals surface area (Å²) in [6, 6.07) is 6.44. The largest absolute Gasteiger partial charge is 0.465 e. The van der Waals surface area contributed by atoms with Gasteiger partial charge in [-0.1, -0.05) is 12.8 Å². The molecular weight excluding hydrogens is 304 g/mol. The highest BCUT2D eigenvalue weighted by molar-refractivity contribution is 5.66. The Bertz CT molecular complexity index is 528. The molecule has 6 heteroatoms. The highest BCUT2D eigenvalue weighted by atomic mass is 16.4. The average Bonchev–Trinajstić information content (AvgIpc) is 2.58. The molecule has 1 aromatic rings. The molecule has 0 unspecified atom stereocenters. The Morgan fingerprint density at radius 3 is 2.50 bits per heavy atom. The van der Waals surface area contributed by atoms with E-state index in [0.29, 0.717) is 13.1 Å². The second-order valence-corrected chi connectivity index (χ2v) is 6.39. The van der Waals surface area contributed by atoms with Crippen LogP contribution in [0.4, 0.5) is 16.2 Å². The van der Waals surface area contributed by atoms with E-state index < -0.39 is 6.09 Å². The fraction of sp³-hybridized carbons (Fsp3) is 0.611. The smallest absolute Gasteiger partial charge is 0.407 e. The Morgan fingerprint density at radius 2 is 1.88 bits per heavy atom. The standard InChI is InChI=1S/C18H30N4O2/c1-15-14-16(20-9-5-3-2-4-8-19)6-7-17(15)21-10-12-22(13-11-21)18(23)24/h6-7,14,20H,2-5,8-13,19H2,1H3,(H,23,24). The van der Waals surface area contributed by atoms with Crippen LogP contribution in [0.2, 0.25) is 0 Å². The Labute approximate surface area is 144 Å². The van der Waals surface area contributed by atoms with Crippen molar-refractivity contribution < 1.29 is 9.90 Å². The first-order valence-electron chi connectivity index (χ1n) is 8.89.